The van der Waals surface area contributed by atoms with Crippen molar-refractivity contribution in [2.75, 3.05) is 66.1 Å². The topological polar surface area (TPSA) is 3040 Å². The summed E-state index contributed by atoms with van der Waals surface area (Å²) in [6, 6.07) is 0. The van der Waals surface area contributed by atoms with E-state index in [-0.39, 0.29) is 520 Å². The maximum atomic E-state index is 4.83. The van der Waals surface area contributed by atoms with Crippen molar-refractivity contribution in [3.63, 3.8) is 0 Å². The molecule has 100 nitrogen and oxygen atoms in total. The van der Waals surface area contributed by atoms with Crippen molar-refractivity contribution in [3.05, 3.63) is 0 Å². The molecule has 0 atom stereocenters. The first-order chi connectivity index (χ1) is 12.1. The minimum absolute atomic E-state index is 0. The third-order valence-electron chi connectivity index (χ3n) is 2.04. The molecule has 120 heavy (non-hydrogen) atoms. The van der Waals surface area contributed by atoms with Crippen molar-refractivity contribution in [1.82, 2.24) is 0 Å². The molecule has 0 radical (unpaired) electrons. The van der Waals surface area contributed by atoms with Gasteiger partial charge in [0, 0.05) is 66.1 Å². The highest BCUT2D eigenvalue weighted by Gasteiger charge is 1.66. The largest absolute Gasteiger partial charge is 0.412 e. The molecule has 0 aliphatic heterocycles. The van der Waals surface area contributed by atoms with Gasteiger partial charge >= 0.3 is 0 Å². The maximum Gasteiger partial charge on any atom is 0.0437 e. The van der Waals surface area contributed by atoms with Gasteiger partial charge in [0.15, 0.2) is 0 Å². The first-order valence-electron chi connectivity index (χ1n) is 9.96. The number of ether oxygens (including phenoxy) is 5. The lowest BCUT2D eigenvalue weighted by Crippen LogP contribution is -1.84. The van der Waals surface area contributed by atoms with Gasteiger partial charge in [-0.2, -0.15) is 0 Å². The Bertz CT molecular complexity index is 150. The molecule has 0 aliphatic rings. The first kappa shape index (κ1) is 5990. The first-order valence-corrected chi connectivity index (χ1v) is 9.96. The van der Waals surface area contributed by atoms with Crippen LogP contribution < -0.4 is 0 Å². The number of rotatable bonds is 10. The van der Waals surface area contributed by atoms with E-state index >= 15 is 0 Å². The lowest BCUT2D eigenvalue weighted by molar-refractivity contribution is 0.162. The average Bonchev–Trinajstić information content (AvgIpc) is 2.61. The Morgan fingerprint density at radius 1 is 0.0583 bits per heavy atom. The van der Waals surface area contributed by atoms with Gasteiger partial charge in [-0.15, -0.1) is 0 Å². The summed E-state index contributed by atoms with van der Waals surface area (Å²) >= 11 is 0. The summed E-state index contributed by atoms with van der Waals surface area (Å²) in [6.45, 7) is 28.3. The van der Waals surface area contributed by atoms with Crippen LogP contribution in [0.1, 0.15) is 69.2 Å². The molecule has 0 aromatic carbocycles. The fraction of sp³-hybridized carbons (Fsp3) is 1.00. The van der Waals surface area contributed by atoms with Gasteiger partial charge in [0.1, 0.15) is 0 Å². The third kappa shape index (κ3) is 40400. The van der Waals surface area contributed by atoms with E-state index in [1.54, 1.807) is 0 Å². The molecule has 0 saturated heterocycles. The highest BCUT2D eigenvalue weighted by molar-refractivity contribution is 4.09. The molecule has 0 heterocycles. The molecule has 0 amide bonds. The van der Waals surface area contributed by atoms with E-state index in [4.69, 9.17) is 23.7 Å². The van der Waals surface area contributed by atoms with Crippen molar-refractivity contribution in [2.24, 2.45) is 0 Å². The quantitative estimate of drug-likeness (QED) is 0.205. The van der Waals surface area contributed by atoms with E-state index in [2.05, 4.69) is 0 Å². The molecule has 0 aliphatic carbocycles. The molecule has 0 aromatic rings. The number of hydrogen-bond donors (Lipinski definition) is 0. The summed E-state index contributed by atoms with van der Waals surface area (Å²) in [5.41, 5.74) is 0. The highest BCUT2D eigenvalue weighted by atomic mass is 16.5. The van der Waals surface area contributed by atoms with Crippen LogP contribution in [0.3, 0.4) is 0 Å². The van der Waals surface area contributed by atoms with Crippen LogP contribution in [0.2, 0.25) is 0 Å². The predicted octanol–water partition coefficient (Wildman–Crippen LogP) is -73.1. The molecule has 0 saturated carbocycles. The zero-order chi connectivity index (χ0) is 20.6. The van der Waals surface area contributed by atoms with Crippen molar-refractivity contribution in [1.29, 1.82) is 0 Å². The monoisotopic (exact) mass is 2080 g/mol. The summed E-state index contributed by atoms with van der Waals surface area (Å²) in [5, 5.41) is 0. The van der Waals surface area contributed by atoms with E-state index in [9.17, 15) is 0 Å². The molecule has 920 valence electrons. The van der Waals surface area contributed by atoms with Gasteiger partial charge in [0.25, 0.3) is 0 Å². The van der Waals surface area contributed by atoms with Crippen LogP contribution in [-0.4, -0.2) is 586 Å². The van der Waals surface area contributed by atoms with Crippen LogP contribution in [0.4, 0.5) is 0 Å². The van der Waals surface area contributed by atoms with E-state index in [0.717, 1.165) is 66.1 Å². The summed E-state index contributed by atoms with van der Waals surface area (Å²) in [4.78, 5) is 0. The molecule has 0 rings (SSSR count). The van der Waals surface area contributed by atoms with E-state index in [1.807, 2.05) is 69.2 Å². The summed E-state index contributed by atoms with van der Waals surface area (Å²) in [7, 11) is 0. The lowest BCUT2D eigenvalue weighted by Gasteiger charge is -1.86. The van der Waals surface area contributed by atoms with Gasteiger partial charge in [-0.05, 0) is 69.2 Å². The van der Waals surface area contributed by atoms with Gasteiger partial charge in [-0.3, -0.25) is 0 Å². The Hall–Kier alpha value is -4.00. The molecule has 0 spiro atoms. The van der Waals surface area contributed by atoms with Crippen LogP contribution in [0.15, 0.2) is 0 Å². The van der Waals surface area contributed by atoms with E-state index in [1.165, 1.54) is 0 Å². The van der Waals surface area contributed by atoms with Crippen LogP contribution >= 0.6 is 0 Å². The zero-order valence-electron chi connectivity index (χ0n) is 66.6. The molecule has 0 fully saturated rings. The second-order valence-corrected chi connectivity index (χ2v) is 3.91. The molecule has 0 aromatic heterocycles. The van der Waals surface area contributed by atoms with E-state index in [0.29, 0.717) is 0 Å². The molecule has 0 unspecified atom stereocenters. The van der Waals surface area contributed by atoms with Gasteiger partial charge in [-0.1, -0.05) is 0 Å². The Balaban J connectivity index is -0.000000000355. The molecule has 100 heteroatoms. The second kappa shape index (κ2) is 12400. The molecular weight excluding hydrogens is 1840 g/mol. The Morgan fingerprint density at radius 3 is 0.0750 bits per heavy atom. The second-order valence-electron chi connectivity index (χ2n) is 3.91. The van der Waals surface area contributed by atoms with E-state index < -0.39 is 0 Å². The van der Waals surface area contributed by atoms with Gasteiger partial charge in [0.05, 0.1) is 0 Å². The third-order valence-corrected chi connectivity index (χ3v) is 2.04. The Labute approximate surface area is 680 Å². The SMILES string of the molecule is CCOCC.CCOCC.CCOCC.CCOCC.CCOCC.O.O.O.O.O.O.O.O.O.O.O.O.O.O.O.O.O.O.O.O.O.O.O.O.O.O.O.O.O.O.O.O.O.O.O.O.O.O.O.O.O.O.O.O.O.O.O.O.O.O.O.O.O.O.O.O.O.O.O.O.O.O.O.O.O.O.O.O.O.O.O.O.O.O.O.O.O.O.O.O.O.O.O.O.O.O.O.O.O.O.O.O.O.O.O. The van der Waals surface area contributed by atoms with Gasteiger partial charge in [0.2, 0.25) is 0 Å². The van der Waals surface area contributed by atoms with Crippen LogP contribution in [0.25, 0.3) is 0 Å². The minimum Gasteiger partial charge on any atom is -0.412 e. The van der Waals surface area contributed by atoms with Gasteiger partial charge in [-0.25, -0.2) is 0 Å². The fourth-order valence-corrected chi connectivity index (χ4v) is 1.02. The van der Waals surface area contributed by atoms with Crippen molar-refractivity contribution >= 4 is 0 Å². The zero-order valence-corrected chi connectivity index (χ0v) is 66.6. The smallest absolute Gasteiger partial charge is 0.0437 e. The molecular formula is C20H240O100. The Morgan fingerprint density at radius 2 is 0.0750 bits per heavy atom. The molecule has 190 N–H and O–H groups in total. The Kier molecular flexibility index (Phi) is 617000. The standard InChI is InChI=1S/5C4H10O.95H2O/c5*1-3-5-4-2;;;;;;;;;;;;;;;;;;;;;;;;;;;;;;;;;;;;;;;;;;;;;;;;;;;;;;;;;;;;;;;;;;;;;;;;;;;;;;;;;;;;;;;;;;;;;;;/h5*3-4H2,1-2H3;95*1H2. The molecule has 0 bridgehead atoms. The van der Waals surface area contributed by atoms with Gasteiger partial charge < -0.3 is 544 Å². The average molecular weight is 2080 g/mol. The van der Waals surface area contributed by atoms with Crippen LogP contribution in [0, 0.1) is 0 Å². The van der Waals surface area contributed by atoms with Crippen LogP contribution in [0.5, 0.6) is 0 Å². The minimum atomic E-state index is 0. The summed E-state index contributed by atoms with van der Waals surface area (Å²) in [6.07, 6.45) is 0. The fourth-order valence-electron chi connectivity index (χ4n) is 1.02. The van der Waals surface area contributed by atoms with Crippen molar-refractivity contribution < 1.29 is 544 Å². The van der Waals surface area contributed by atoms with Crippen LogP contribution in [-0.2, 0) is 23.7 Å². The van der Waals surface area contributed by atoms with Crippen molar-refractivity contribution in [3.8, 4) is 0 Å². The number of hydrogen-bond acceptors (Lipinski definition) is 5. The van der Waals surface area contributed by atoms with Crippen molar-refractivity contribution in [2.45, 2.75) is 69.2 Å². The summed E-state index contributed by atoms with van der Waals surface area (Å²) < 4.78 is 24.2. The maximum absolute atomic E-state index is 4.83. The highest BCUT2D eigenvalue weighted by Crippen LogP contribution is 1.66. The normalized spacial score (nSPS) is 1.75. The predicted molar refractivity (Wildman–Crippen MR) is 454 cm³/mol. The lowest BCUT2D eigenvalue weighted by atomic mass is 10.8. The summed E-state index contributed by atoms with van der Waals surface area (Å²) in [5.74, 6) is 0.